The smallest absolute Gasteiger partial charge is 0.265 e. The molecule has 2 rings (SSSR count). The van der Waals surface area contributed by atoms with Crippen LogP contribution in [-0.4, -0.2) is 38.3 Å². The molecule has 2 aromatic rings. The first-order chi connectivity index (χ1) is 10.1. The lowest BCUT2D eigenvalue weighted by molar-refractivity contribution is 0.103. The Balaban J connectivity index is 2.01. The molecule has 6 heteroatoms. The van der Waals surface area contributed by atoms with E-state index in [1.54, 1.807) is 18.6 Å². The van der Waals surface area contributed by atoms with Crippen LogP contribution in [0.2, 0.25) is 0 Å². The van der Waals surface area contributed by atoms with Gasteiger partial charge in [-0.3, -0.25) is 4.79 Å². The van der Waals surface area contributed by atoms with Crippen LogP contribution in [0.15, 0.2) is 35.7 Å². The van der Waals surface area contributed by atoms with Gasteiger partial charge in [-0.1, -0.05) is 0 Å². The van der Waals surface area contributed by atoms with E-state index in [1.165, 1.54) is 11.3 Å². The van der Waals surface area contributed by atoms with Gasteiger partial charge in [-0.15, -0.1) is 11.3 Å². The van der Waals surface area contributed by atoms with E-state index in [4.69, 9.17) is 9.84 Å². The fourth-order valence-corrected chi connectivity index (χ4v) is 2.57. The van der Waals surface area contributed by atoms with Gasteiger partial charge in [-0.25, -0.2) is 0 Å². The molecular formula is C15H18N2O3S. The minimum atomic E-state index is -0.153. The zero-order chi connectivity index (χ0) is 15.2. The number of methoxy groups -OCH3 is 1. The maximum absolute atomic E-state index is 12.1. The predicted molar refractivity (Wildman–Crippen MR) is 85.6 cm³/mol. The Bertz CT molecular complexity index is 595. The van der Waals surface area contributed by atoms with Crippen LogP contribution in [0.3, 0.4) is 0 Å². The van der Waals surface area contributed by atoms with E-state index in [9.17, 15) is 4.79 Å². The Labute approximate surface area is 127 Å². The Hall–Kier alpha value is -2.05. The van der Waals surface area contributed by atoms with Gasteiger partial charge in [0.2, 0.25) is 0 Å². The number of nitrogens with zero attached hydrogens (tertiary/aromatic N) is 1. The van der Waals surface area contributed by atoms with Crippen molar-refractivity contribution in [2.24, 2.45) is 0 Å². The van der Waals surface area contributed by atoms with Crippen molar-refractivity contribution in [3.05, 3.63) is 40.6 Å². The molecule has 112 valence electrons. The first-order valence-corrected chi connectivity index (χ1v) is 7.38. The van der Waals surface area contributed by atoms with Crippen molar-refractivity contribution < 1.29 is 14.6 Å². The number of hydrogen-bond donors (Lipinski definition) is 2. The average molecular weight is 306 g/mol. The number of aliphatic hydroxyl groups is 1. The van der Waals surface area contributed by atoms with Crippen LogP contribution in [0, 0.1) is 0 Å². The van der Waals surface area contributed by atoms with E-state index in [1.807, 2.05) is 36.2 Å². The molecule has 0 aliphatic heterocycles. The first-order valence-electron chi connectivity index (χ1n) is 6.50. The normalized spacial score (nSPS) is 10.2. The number of ether oxygens (including phenoxy) is 1. The van der Waals surface area contributed by atoms with Gasteiger partial charge in [0.1, 0.15) is 5.75 Å². The van der Waals surface area contributed by atoms with Gasteiger partial charge in [-0.05, 0) is 24.3 Å². The van der Waals surface area contributed by atoms with Crippen LogP contribution >= 0.6 is 11.3 Å². The number of thiophene rings is 1. The van der Waals surface area contributed by atoms with Crippen LogP contribution in [-0.2, 0) is 0 Å². The molecule has 0 atom stereocenters. The highest BCUT2D eigenvalue weighted by Crippen LogP contribution is 2.23. The van der Waals surface area contributed by atoms with E-state index in [2.05, 4.69) is 5.32 Å². The molecule has 21 heavy (non-hydrogen) atoms. The number of carbonyl (C=O) groups excluding carboxylic acids is 1. The number of likely N-dealkylation sites (N-methyl/N-ethyl adjacent to an activating group) is 1. The Morgan fingerprint density at radius 2 is 2.10 bits per heavy atom. The molecule has 0 bridgehead atoms. The molecule has 1 amide bonds. The van der Waals surface area contributed by atoms with E-state index >= 15 is 0 Å². The standard InChI is InChI=1S/C15H18N2O3S/c1-17(7-8-18)12-5-3-11(4-6-12)16-15(19)14-9-13(20-2)10-21-14/h3-6,9-10,18H,7-8H2,1-2H3,(H,16,19). The number of rotatable bonds is 6. The van der Waals surface area contributed by atoms with Gasteiger partial charge in [0.25, 0.3) is 5.91 Å². The van der Waals surface area contributed by atoms with Gasteiger partial charge >= 0.3 is 0 Å². The zero-order valence-electron chi connectivity index (χ0n) is 12.0. The van der Waals surface area contributed by atoms with Crippen LogP contribution in [0.4, 0.5) is 11.4 Å². The number of aliphatic hydroxyl groups excluding tert-OH is 1. The topological polar surface area (TPSA) is 61.8 Å². The number of nitrogens with one attached hydrogen (secondary N) is 1. The molecule has 0 aliphatic rings. The van der Waals surface area contributed by atoms with Crippen molar-refractivity contribution in [1.29, 1.82) is 0 Å². The largest absolute Gasteiger partial charge is 0.496 e. The van der Waals surface area contributed by atoms with Gasteiger partial charge in [0.05, 0.1) is 18.6 Å². The van der Waals surface area contributed by atoms with E-state index in [-0.39, 0.29) is 12.5 Å². The lowest BCUT2D eigenvalue weighted by Crippen LogP contribution is -2.21. The van der Waals surface area contributed by atoms with Gasteiger partial charge in [0, 0.05) is 36.4 Å². The average Bonchev–Trinajstić information content (AvgIpc) is 2.97. The quantitative estimate of drug-likeness (QED) is 0.860. The van der Waals surface area contributed by atoms with Crippen molar-refractivity contribution >= 4 is 28.6 Å². The molecule has 0 radical (unpaired) electrons. The summed E-state index contributed by atoms with van der Waals surface area (Å²) in [4.78, 5) is 14.6. The minimum Gasteiger partial charge on any atom is -0.496 e. The molecule has 0 aliphatic carbocycles. The number of anilines is 2. The maximum atomic E-state index is 12.1. The summed E-state index contributed by atoms with van der Waals surface area (Å²) in [7, 11) is 3.48. The highest BCUT2D eigenvalue weighted by molar-refractivity contribution is 7.12. The molecule has 1 heterocycles. The Morgan fingerprint density at radius 1 is 1.38 bits per heavy atom. The summed E-state index contributed by atoms with van der Waals surface area (Å²) in [5.41, 5.74) is 1.72. The third kappa shape index (κ3) is 3.96. The van der Waals surface area contributed by atoms with Crippen LogP contribution in [0.1, 0.15) is 9.67 Å². The molecule has 1 aromatic heterocycles. The third-order valence-corrected chi connectivity index (χ3v) is 3.94. The highest BCUT2D eigenvalue weighted by Gasteiger charge is 2.10. The van der Waals surface area contributed by atoms with Gasteiger partial charge < -0.3 is 20.1 Å². The van der Waals surface area contributed by atoms with Crippen molar-refractivity contribution in [2.75, 3.05) is 37.5 Å². The predicted octanol–water partition coefficient (Wildman–Crippen LogP) is 2.44. The van der Waals surface area contributed by atoms with Gasteiger partial charge in [0.15, 0.2) is 0 Å². The number of hydrogen-bond acceptors (Lipinski definition) is 5. The van der Waals surface area contributed by atoms with Crippen LogP contribution in [0.5, 0.6) is 5.75 Å². The summed E-state index contributed by atoms with van der Waals surface area (Å²) in [5, 5.41) is 13.5. The monoisotopic (exact) mass is 306 g/mol. The molecular weight excluding hydrogens is 288 g/mol. The summed E-state index contributed by atoms with van der Waals surface area (Å²) >= 11 is 1.34. The second kappa shape index (κ2) is 7.10. The van der Waals surface area contributed by atoms with E-state index in [0.717, 1.165) is 11.4 Å². The molecule has 5 nitrogen and oxygen atoms in total. The molecule has 0 saturated heterocycles. The fourth-order valence-electron chi connectivity index (χ4n) is 1.82. The zero-order valence-corrected chi connectivity index (χ0v) is 12.8. The lowest BCUT2D eigenvalue weighted by atomic mass is 10.2. The SMILES string of the molecule is COc1csc(C(=O)Nc2ccc(N(C)CCO)cc2)c1. The Morgan fingerprint density at radius 3 is 2.67 bits per heavy atom. The van der Waals surface area contributed by atoms with Crippen molar-refractivity contribution in [1.82, 2.24) is 0 Å². The molecule has 0 fully saturated rings. The number of carbonyl (C=O) groups is 1. The second-order valence-corrected chi connectivity index (χ2v) is 5.41. The highest BCUT2D eigenvalue weighted by atomic mass is 32.1. The molecule has 0 unspecified atom stereocenters. The fraction of sp³-hybridized carbons (Fsp3) is 0.267. The summed E-state index contributed by atoms with van der Waals surface area (Å²) in [6.45, 7) is 0.676. The Kier molecular flexibility index (Phi) is 5.19. The minimum absolute atomic E-state index is 0.106. The first kappa shape index (κ1) is 15.3. The van der Waals surface area contributed by atoms with Crippen LogP contribution < -0.4 is 15.0 Å². The third-order valence-electron chi connectivity index (χ3n) is 3.04. The summed E-state index contributed by atoms with van der Waals surface area (Å²) < 4.78 is 5.06. The molecule has 2 N–H and O–H groups in total. The molecule has 0 spiro atoms. The number of benzene rings is 1. The van der Waals surface area contributed by atoms with Gasteiger partial charge in [-0.2, -0.15) is 0 Å². The summed E-state index contributed by atoms with van der Waals surface area (Å²) in [6.07, 6.45) is 0. The number of amides is 1. The molecule has 0 saturated carbocycles. The maximum Gasteiger partial charge on any atom is 0.265 e. The van der Waals surface area contributed by atoms with E-state index in [0.29, 0.717) is 17.2 Å². The second-order valence-electron chi connectivity index (χ2n) is 4.50. The lowest BCUT2D eigenvalue weighted by Gasteiger charge is -2.18. The van der Waals surface area contributed by atoms with Crippen molar-refractivity contribution in [3.63, 3.8) is 0 Å². The van der Waals surface area contributed by atoms with Crippen molar-refractivity contribution in [3.8, 4) is 5.75 Å². The summed E-state index contributed by atoms with van der Waals surface area (Å²) in [6, 6.07) is 9.20. The summed E-state index contributed by atoms with van der Waals surface area (Å²) in [5.74, 6) is 0.533. The van der Waals surface area contributed by atoms with Crippen LogP contribution in [0.25, 0.3) is 0 Å². The van der Waals surface area contributed by atoms with E-state index < -0.39 is 0 Å². The van der Waals surface area contributed by atoms with Crippen molar-refractivity contribution in [2.45, 2.75) is 0 Å². The molecule has 1 aromatic carbocycles.